The highest BCUT2D eigenvalue weighted by molar-refractivity contribution is 5.82. The number of aromatic nitrogens is 2. The van der Waals surface area contributed by atoms with Gasteiger partial charge in [-0.3, -0.25) is 4.79 Å². The summed E-state index contributed by atoms with van der Waals surface area (Å²) in [5.41, 5.74) is -0.870. The number of rotatable bonds is 5. The van der Waals surface area contributed by atoms with Gasteiger partial charge < -0.3 is 14.6 Å². The molecule has 21 heavy (non-hydrogen) atoms. The van der Waals surface area contributed by atoms with Crippen molar-refractivity contribution in [1.29, 1.82) is 0 Å². The molecule has 0 radical (unpaired) electrons. The van der Waals surface area contributed by atoms with E-state index in [2.05, 4.69) is 15.5 Å². The Kier molecular flexibility index (Phi) is 4.10. The van der Waals surface area contributed by atoms with Gasteiger partial charge in [0.25, 0.3) is 0 Å². The van der Waals surface area contributed by atoms with E-state index in [1.165, 1.54) is 0 Å². The molecular weight excluding hydrogens is 270 g/mol. The highest BCUT2D eigenvalue weighted by Crippen LogP contribution is 2.35. The van der Waals surface area contributed by atoms with Crippen LogP contribution >= 0.6 is 0 Å². The Balaban J connectivity index is 2.02. The van der Waals surface area contributed by atoms with Crippen LogP contribution in [0, 0.1) is 5.92 Å². The van der Waals surface area contributed by atoms with Gasteiger partial charge >= 0.3 is 0 Å². The summed E-state index contributed by atoms with van der Waals surface area (Å²) in [6.07, 6.45) is 0.844. The van der Waals surface area contributed by atoms with Crippen molar-refractivity contribution in [2.24, 2.45) is 5.92 Å². The number of hydrogen-bond donors (Lipinski definition) is 1. The van der Waals surface area contributed by atoms with E-state index in [0.29, 0.717) is 18.3 Å². The molecule has 0 bridgehead atoms. The maximum atomic E-state index is 12.2. The van der Waals surface area contributed by atoms with Crippen LogP contribution in [0.4, 0.5) is 0 Å². The number of amides is 1. The van der Waals surface area contributed by atoms with E-state index in [-0.39, 0.29) is 23.3 Å². The standard InChI is InChI=1S/C15H25N3O3/c1-7-20-10-8-9(10)11(19)17-15(5,6)12-16-13(21-18-12)14(2,3)4/h9-10H,7-8H2,1-6H3,(H,17,19)/t9-,10-/m1/s1. The first-order valence-corrected chi connectivity index (χ1v) is 7.43. The zero-order valence-electron chi connectivity index (χ0n) is 13.7. The third-order valence-electron chi connectivity index (χ3n) is 3.51. The number of ether oxygens (including phenoxy) is 1. The lowest BCUT2D eigenvalue weighted by Crippen LogP contribution is -2.43. The minimum atomic E-state index is -0.663. The van der Waals surface area contributed by atoms with Crippen LogP contribution in [-0.2, 0) is 20.5 Å². The lowest BCUT2D eigenvalue weighted by Gasteiger charge is -2.22. The predicted molar refractivity (Wildman–Crippen MR) is 77.7 cm³/mol. The zero-order valence-corrected chi connectivity index (χ0v) is 13.7. The normalized spacial score (nSPS) is 22.2. The summed E-state index contributed by atoms with van der Waals surface area (Å²) in [7, 11) is 0. The van der Waals surface area contributed by atoms with Gasteiger partial charge in [0.15, 0.2) is 5.82 Å². The van der Waals surface area contributed by atoms with Crippen LogP contribution in [0.1, 0.15) is 59.7 Å². The van der Waals surface area contributed by atoms with E-state index in [0.717, 1.165) is 6.42 Å². The Bertz CT molecular complexity index is 516. The fourth-order valence-electron chi connectivity index (χ4n) is 2.08. The molecule has 6 heteroatoms. The van der Waals surface area contributed by atoms with Crippen LogP contribution in [0.25, 0.3) is 0 Å². The molecule has 118 valence electrons. The van der Waals surface area contributed by atoms with Gasteiger partial charge in [-0.05, 0) is 27.2 Å². The molecule has 0 saturated heterocycles. The van der Waals surface area contributed by atoms with E-state index < -0.39 is 5.54 Å². The molecule has 0 aliphatic heterocycles. The van der Waals surface area contributed by atoms with Gasteiger partial charge in [-0.2, -0.15) is 4.98 Å². The highest BCUT2D eigenvalue weighted by atomic mass is 16.5. The fourth-order valence-corrected chi connectivity index (χ4v) is 2.08. The van der Waals surface area contributed by atoms with Crippen molar-refractivity contribution in [3.05, 3.63) is 11.7 Å². The molecule has 1 fully saturated rings. The summed E-state index contributed by atoms with van der Waals surface area (Å²) in [4.78, 5) is 16.6. The van der Waals surface area contributed by atoms with E-state index in [9.17, 15) is 4.79 Å². The molecule has 1 heterocycles. The van der Waals surface area contributed by atoms with Crippen molar-refractivity contribution in [2.75, 3.05) is 6.61 Å². The van der Waals surface area contributed by atoms with Crippen LogP contribution in [0.3, 0.4) is 0 Å². The van der Waals surface area contributed by atoms with Gasteiger partial charge in [0.05, 0.1) is 17.6 Å². The molecule has 0 aromatic carbocycles. The number of nitrogens with one attached hydrogen (secondary N) is 1. The minimum absolute atomic E-state index is 0.0134. The largest absolute Gasteiger partial charge is 0.378 e. The lowest BCUT2D eigenvalue weighted by atomic mass is 9.97. The summed E-state index contributed by atoms with van der Waals surface area (Å²) >= 11 is 0. The maximum Gasteiger partial charge on any atom is 0.232 e. The molecule has 0 unspecified atom stereocenters. The fraction of sp³-hybridized carbons (Fsp3) is 0.800. The van der Waals surface area contributed by atoms with Gasteiger partial charge in [0.1, 0.15) is 0 Å². The number of carbonyl (C=O) groups is 1. The van der Waals surface area contributed by atoms with Crippen LogP contribution in [0.15, 0.2) is 4.52 Å². The monoisotopic (exact) mass is 295 g/mol. The Morgan fingerprint density at radius 1 is 1.38 bits per heavy atom. The lowest BCUT2D eigenvalue weighted by molar-refractivity contribution is -0.125. The van der Waals surface area contributed by atoms with Gasteiger partial charge in [0, 0.05) is 12.0 Å². The van der Waals surface area contributed by atoms with Gasteiger partial charge in [-0.1, -0.05) is 25.9 Å². The second-order valence-electron chi connectivity index (χ2n) is 7.12. The molecule has 1 aliphatic rings. The molecule has 1 aliphatic carbocycles. The number of nitrogens with zero attached hydrogens (tertiary/aromatic N) is 2. The Morgan fingerprint density at radius 3 is 2.57 bits per heavy atom. The Hall–Kier alpha value is -1.43. The first-order chi connectivity index (χ1) is 9.65. The third-order valence-corrected chi connectivity index (χ3v) is 3.51. The van der Waals surface area contributed by atoms with Crippen LogP contribution in [0.2, 0.25) is 0 Å². The molecular formula is C15H25N3O3. The van der Waals surface area contributed by atoms with E-state index in [1.807, 2.05) is 41.5 Å². The van der Waals surface area contributed by atoms with Crippen molar-refractivity contribution < 1.29 is 14.1 Å². The molecule has 0 spiro atoms. The molecule has 1 saturated carbocycles. The third kappa shape index (κ3) is 3.61. The van der Waals surface area contributed by atoms with Crippen molar-refractivity contribution in [3.8, 4) is 0 Å². The predicted octanol–water partition coefficient (Wildman–Crippen LogP) is 2.14. The topological polar surface area (TPSA) is 77.2 Å². The summed E-state index contributed by atoms with van der Waals surface area (Å²) in [5, 5.41) is 6.99. The van der Waals surface area contributed by atoms with Gasteiger partial charge in [-0.25, -0.2) is 0 Å². The summed E-state index contributed by atoms with van der Waals surface area (Å²) in [6.45, 7) is 12.3. The van der Waals surface area contributed by atoms with Crippen molar-refractivity contribution in [3.63, 3.8) is 0 Å². The molecule has 2 atom stereocenters. The molecule has 1 amide bonds. The Morgan fingerprint density at radius 2 is 2.05 bits per heavy atom. The van der Waals surface area contributed by atoms with Crippen LogP contribution in [-0.4, -0.2) is 28.8 Å². The highest BCUT2D eigenvalue weighted by Gasteiger charge is 2.46. The molecule has 2 rings (SSSR count). The quantitative estimate of drug-likeness (QED) is 0.900. The molecule has 1 aromatic heterocycles. The van der Waals surface area contributed by atoms with E-state index >= 15 is 0 Å². The molecule has 1 aromatic rings. The average molecular weight is 295 g/mol. The zero-order chi connectivity index (χ0) is 15.8. The van der Waals surface area contributed by atoms with E-state index in [1.54, 1.807) is 0 Å². The first kappa shape index (κ1) is 15.9. The van der Waals surface area contributed by atoms with Crippen molar-refractivity contribution in [1.82, 2.24) is 15.5 Å². The Labute approximate surface area is 125 Å². The van der Waals surface area contributed by atoms with Crippen molar-refractivity contribution >= 4 is 5.91 Å². The van der Waals surface area contributed by atoms with E-state index in [4.69, 9.17) is 9.26 Å². The maximum absolute atomic E-state index is 12.2. The van der Waals surface area contributed by atoms with Crippen molar-refractivity contribution in [2.45, 2.75) is 65.0 Å². The molecule has 1 N–H and O–H groups in total. The van der Waals surface area contributed by atoms with Gasteiger partial charge in [-0.15, -0.1) is 0 Å². The second kappa shape index (κ2) is 5.40. The molecule has 6 nitrogen and oxygen atoms in total. The average Bonchev–Trinajstić information content (AvgIpc) is 2.90. The first-order valence-electron chi connectivity index (χ1n) is 7.43. The summed E-state index contributed by atoms with van der Waals surface area (Å²) in [6, 6.07) is 0. The summed E-state index contributed by atoms with van der Waals surface area (Å²) in [5.74, 6) is 0.992. The smallest absolute Gasteiger partial charge is 0.232 e. The SMILES string of the molecule is CCO[C@@H]1C[C@H]1C(=O)NC(C)(C)c1noc(C(C)(C)C)n1. The van der Waals surface area contributed by atoms with Crippen LogP contribution < -0.4 is 5.32 Å². The second-order valence-corrected chi connectivity index (χ2v) is 7.12. The minimum Gasteiger partial charge on any atom is -0.378 e. The van der Waals surface area contributed by atoms with Gasteiger partial charge in [0.2, 0.25) is 11.8 Å². The van der Waals surface area contributed by atoms with Crippen LogP contribution in [0.5, 0.6) is 0 Å². The number of carbonyl (C=O) groups excluding carboxylic acids is 1. The number of hydrogen-bond acceptors (Lipinski definition) is 5. The summed E-state index contributed by atoms with van der Waals surface area (Å²) < 4.78 is 10.7.